The topological polar surface area (TPSA) is 94.1 Å². The summed E-state index contributed by atoms with van der Waals surface area (Å²) in [7, 11) is -2.65. The lowest BCUT2D eigenvalue weighted by molar-refractivity contribution is -0.120. The Bertz CT molecular complexity index is 1240. The normalized spacial score (nSPS) is 11.3. The van der Waals surface area contributed by atoms with Crippen molar-refractivity contribution < 1.29 is 22.1 Å². The van der Waals surface area contributed by atoms with Crippen LogP contribution in [0.1, 0.15) is 16.7 Å². The molecule has 1 amide bonds. The van der Waals surface area contributed by atoms with E-state index in [1.54, 1.807) is 62.6 Å². The van der Waals surface area contributed by atoms with Gasteiger partial charge in [-0.1, -0.05) is 41.9 Å². The number of carbonyl (C=O) groups is 1. The summed E-state index contributed by atoms with van der Waals surface area (Å²) in [5.74, 6) is 0.438. The second-order valence-corrected chi connectivity index (χ2v) is 8.73. The van der Waals surface area contributed by atoms with Gasteiger partial charge in [0.25, 0.3) is 0 Å². The molecule has 0 heterocycles. The third kappa shape index (κ3) is 6.09. The van der Waals surface area contributed by atoms with Gasteiger partial charge in [0.1, 0.15) is 16.4 Å². The molecule has 166 valence electrons. The second-order valence-electron chi connectivity index (χ2n) is 6.81. The van der Waals surface area contributed by atoms with E-state index in [0.29, 0.717) is 11.3 Å². The average Bonchev–Trinajstić information content (AvgIpc) is 2.76. The molecule has 0 aliphatic heterocycles. The standard InChI is InChI=1S/C23H21ClN2O5S/c1-16-11-18(15-25-26-23(27)13-17-7-6-10-20(12-17)30-2)22(14-21(16)24)32(28,29)31-19-8-4-3-5-9-19/h3-12,14-15H,13H2,1-2H3,(H,26,27). The van der Waals surface area contributed by atoms with E-state index in [4.69, 9.17) is 20.5 Å². The Morgan fingerprint density at radius 2 is 1.78 bits per heavy atom. The Balaban J connectivity index is 1.79. The van der Waals surface area contributed by atoms with Gasteiger partial charge in [-0.05, 0) is 54.4 Å². The second kappa shape index (κ2) is 10.3. The van der Waals surface area contributed by atoms with Crippen molar-refractivity contribution >= 4 is 33.8 Å². The summed E-state index contributed by atoms with van der Waals surface area (Å²) in [6.45, 7) is 1.73. The van der Waals surface area contributed by atoms with Gasteiger partial charge < -0.3 is 8.92 Å². The zero-order valence-electron chi connectivity index (χ0n) is 17.4. The molecule has 0 saturated heterocycles. The van der Waals surface area contributed by atoms with E-state index in [9.17, 15) is 13.2 Å². The number of ether oxygens (including phenoxy) is 1. The molecule has 0 atom stereocenters. The van der Waals surface area contributed by atoms with Gasteiger partial charge in [-0.3, -0.25) is 4.79 Å². The lowest BCUT2D eigenvalue weighted by Crippen LogP contribution is -2.20. The monoisotopic (exact) mass is 472 g/mol. The maximum atomic E-state index is 12.8. The molecule has 0 aliphatic rings. The molecule has 0 fully saturated rings. The van der Waals surface area contributed by atoms with Crippen molar-refractivity contribution in [2.24, 2.45) is 5.10 Å². The highest BCUT2D eigenvalue weighted by Crippen LogP contribution is 2.26. The summed E-state index contributed by atoms with van der Waals surface area (Å²) in [6.07, 6.45) is 1.32. The van der Waals surface area contributed by atoms with Crippen LogP contribution in [0.3, 0.4) is 0 Å². The van der Waals surface area contributed by atoms with Gasteiger partial charge in [0.15, 0.2) is 0 Å². The average molecular weight is 473 g/mol. The van der Waals surface area contributed by atoms with Crippen molar-refractivity contribution in [2.75, 3.05) is 7.11 Å². The van der Waals surface area contributed by atoms with Crippen molar-refractivity contribution in [3.8, 4) is 11.5 Å². The maximum Gasteiger partial charge on any atom is 0.339 e. The number of hydrogen-bond donors (Lipinski definition) is 1. The van der Waals surface area contributed by atoms with Crippen molar-refractivity contribution in [1.82, 2.24) is 5.43 Å². The number of benzene rings is 3. The lowest BCUT2D eigenvalue weighted by atomic mass is 10.1. The minimum absolute atomic E-state index is 0.0798. The number of methoxy groups -OCH3 is 1. The van der Waals surface area contributed by atoms with Crippen LogP contribution in [0.15, 0.2) is 76.7 Å². The first-order valence-corrected chi connectivity index (χ1v) is 11.3. The van der Waals surface area contributed by atoms with Crippen LogP contribution in [-0.2, 0) is 21.3 Å². The van der Waals surface area contributed by atoms with Gasteiger partial charge in [0, 0.05) is 10.6 Å². The fraction of sp³-hybridized carbons (Fsp3) is 0.130. The van der Waals surface area contributed by atoms with Crippen LogP contribution >= 0.6 is 11.6 Å². The minimum atomic E-state index is -4.19. The van der Waals surface area contributed by atoms with E-state index in [2.05, 4.69) is 10.5 Å². The first-order chi connectivity index (χ1) is 15.3. The smallest absolute Gasteiger partial charge is 0.339 e. The van der Waals surface area contributed by atoms with E-state index >= 15 is 0 Å². The highest BCUT2D eigenvalue weighted by atomic mass is 35.5. The summed E-state index contributed by atoms with van der Waals surface area (Å²) in [5, 5.41) is 4.18. The summed E-state index contributed by atoms with van der Waals surface area (Å²) < 4.78 is 36.0. The molecule has 0 unspecified atom stereocenters. The molecule has 0 aliphatic carbocycles. The van der Waals surface area contributed by atoms with Gasteiger partial charge in [0.05, 0.1) is 19.7 Å². The Labute approximate surface area is 191 Å². The van der Waals surface area contributed by atoms with Gasteiger partial charge in [-0.15, -0.1) is 0 Å². The van der Waals surface area contributed by atoms with Crippen molar-refractivity contribution in [2.45, 2.75) is 18.2 Å². The maximum absolute atomic E-state index is 12.8. The molecule has 0 bridgehead atoms. The number of carbonyl (C=O) groups excluding carboxylic acids is 1. The number of nitrogens with one attached hydrogen (secondary N) is 1. The molecule has 32 heavy (non-hydrogen) atoms. The molecular formula is C23H21ClN2O5S. The van der Waals surface area contributed by atoms with Crippen LogP contribution in [-0.4, -0.2) is 27.6 Å². The zero-order chi connectivity index (χ0) is 23.1. The van der Waals surface area contributed by atoms with Crippen LogP contribution in [0.5, 0.6) is 11.5 Å². The predicted molar refractivity (Wildman–Crippen MR) is 123 cm³/mol. The number of para-hydroxylation sites is 1. The Kier molecular flexibility index (Phi) is 7.50. The third-order valence-corrected chi connectivity index (χ3v) is 6.11. The van der Waals surface area contributed by atoms with Crippen LogP contribution in [0.4, 0.5) is 0 Å². The number of hydrazone groups is 1. The molecule has 9 heteroatoms. The van der Waals surface area contributed by atoms with Gasteiger partial charge in [-0.2, -0.15) is 13.5 Å². The minimum Gasteiger partial charge on any atom is -0.497 e. The van der Waals surface area contributed by atoms with Gasteiger partial charge in [-0.25, -0.2) is 5.43 Å². The highest BCUT2D eigenvalue weighted by molar-refractivity contribution is 7.87. The molecule has 0 aromatic heterocycles. The summed E-state index contributed by atoms with van der Waals surface area (Å²) in [6, 6.07) is 18.1. The molecule has 0 spiro atoms. The van der Waals surface area contributed by atoms with Gasteiger partial charge >= 0.3 is 10.1 Å². The quantitative estimate of drug-likeness (QED) is 0.302. The number of halogens is 1. The van der Waals surface area contributed by atoms with Crippen molar-refractivity contribution in [3.63, 3.8) is 0 Å². The molecule has 1 N–H and O–H groups in total. The fourth-order valence-electron chi connectivity index (χ4n) is 2.83. The number of hydrogen-bond acceptors (Lipinski definition) is 6. The van der Waals surface area contributed by atoms with Crippen LogP contribution in [0, 0.1) is 6.92 Å². The predicted octanol–water partition coefficient (Wildman–Crippen LogP) is 4.12. The molecule has 0 radical (unpaired) electrons. The zero-order valence-corrected chi connectivity index (χ0v) is 19.0. The molecule has 7 nitrogen and oxygen atoms in total. The van der Waals surface area contributed by atoms with Crippen molar-refractivity contribution in [1.29, 1.82) is 0 Å². The molecule has 0 saturated carbocycles. The molecule has 3 rings (SSSR count). The largest absolute Gasteiger partial charge is 0.497 e. The molecule has 3 aromatic carbocycles. The lowest BCUT2D eigenvalue weighted by Gasteiger charge is -2.11. The Hall–Kier alpha value is -3.36. The van der Waals surface area contributed by atoms with Crippen LogP contribution in [0.25, 0.3) is 0 Å². The van der Waals surface area contributed by atoms with Gasteiger partial charge in [0.2, 0.25) is 5.91 Å². The Morgan fingerprint density at radius 3 is 2.50 bits per heavy atom. The Morgan fingerprint density at radius 1 is 1.06 bits per heavy atom. The number of aryl methyl sites for hydroxylation is 1. The number of rotatable bonds is 8. The van der Waals surface area contributed by atoms with E-state index in [-0.39, 0.29) is 33.6 Å². The first kappa shape index (κ1) is 23.3. The number of amides is 1. The summed E-state index contributed by atoms with van der Waals surface area (Å²) in [4.78, 5) is 12.1. The summed E-state index contributed by atoms with van der Waals surface area (Å²) in [5.41, 5.74) is 4.02. The highest BCUT2D eigenvalue weighted by Gasteiger charge is 2.22. The van der Waals surface area contributed by atoms with Crippen molar-refractivity contribution in [3.05, 3.63) is 88.4 Å². The van der Waals surface area contributed by atoms with Crippen LogP contribution in [0.2, 0.25) is 5.02 Å². The SMILES string of the molecule is COc1cccc(CC(=O)NN=Cc2cc(C)c(Cl)cc2S(=O)(=O)Oc2ccccc2)c1. The molecule has 3 aromatic rings. The third-order valence-electron chi connectivity index (χ3n) is 4.40. The first-order valence-electron chi connectivity index (χ1n) is 9.53. The van der Waals surface area contributed by atoms with Crippen LogP contribution < -0.4 is 14.3 Å². The molecular weight excluding hydrogens is 452 g/mol. The van der Waals surface area contributed by atoms with E-state index in [0.717, 1.165) is 5.56 Å². The van der Waals surface area contributed by atoms with E-state index < -0.39 is 10.1 Å². The number of nitrogens with zero attached hydrogens (tertiary/aromatic N) is 1. The van der Waals surface area contributed by atoms with E-state index in [1.165, 1.54) is 24.4 Å². The summed E-state index contributed by atoms with van der Waals surface area (Å²) >= 11 is 6.15. The fourth-order valence-corrected chi connectivity index (χ4v) is 4.18. The van der Waals surface area contributed by atoms with E-state index in [1.807, 2.05) is 0 Å².